The van der Waals surface area contributed by atoms with Gasteiger partial charge in [0.15, 0.2) is 0 Å². The van der Waals surface area contributed by atoms with E-state index in [1.807, 2.05) is 18.2 Å². The first-order valence-corrected chi connectivity index (χ1v) is 7.14. The molecule has 0 spiro atoms. The lowest BCUT2D eigenvalue weighted by atomic mass is 9.99. The van der Waals surface area contributed by atoms with Crippen molar-refractivity contribution < 1.29 is 14.6 Å². The molecule has 0 unspecified atom stereocenters. The van der Waals surface area contributed by atoms with Gasteiger partial charge in [-0.25, -0.2) is 0 Å². The van der Waals surface area contributed by atoms with Crippen LogP contribution in [0.4, 0.5) is 0 Å². The molecule has 1 aromatic carbocycles. The summed E-state index contributed by atoms with van der Waals surface area (Å²) in [6, 6.07) is 8.12. The third kappa shape index (κ3) is 4.94. The van der Waals surface area contributed by atoms with Crippen molar-refractivity contribution in [3.8, 4) is 0 Å². The minimum atomic E-state index is -0.299. The molecule has 1 aromatic rings. The van der Waals surface area contributed by atoms with Gasteiger partial charge in [0.05, 0.1) is 6.61 Å². The van der Waals surface area contributed by atoms with Crippen LogP contribution in [0.5, 0.6) is 0 Å². The molecule has 1 rings (SSSR count). The van der Waals surface area contributed by atoms with Crippen LogP contribution in [0.15, 0.2) is 24.3 Å². The molecule has 0 amide bonds. The Balaban J connectivity index is 2.88. The normalized spacial score (nSPS) is 14.3. The molecular weight excluding hydrogens is 240 g/mol. The number of aliphatic hydroxyl groups excluding tert-OH is 1. The summed E-state index contributed by atoms with van der Waals surface area (Å²) >= 11 is 0. The zero-order valence-corrected chi connectivity index (χ0v) is 12.3. The van der Waals surface area contributed by atoms with Crippen LogP contribution in [0.25, 0.3) is 0 Å². The lowest BCUT2D eigenvalue weighted by Gasteiger charge is -2.27. The van der Waals surface area contributed by atoms with E-state index >= 15 is 0 Å². The van der Waals surface area contributed by atoms with E-state index in [9.17, 15) is 5.11 Å². The summed E-state index contributed by atoms with van der Waals surface area (Å²) in [6.07, 6.45) is 1.39. The molecule has 19 heavy (non-hydrogen) atoms. The number of hydrogen-bond donors (Lipinski definition) is 1. The molecule has 1 N–H and O–H groups in total. The summed E-state index contributed by atoms with van der Waals surface area (Å²) in [4.78, 5) is 0. The Morgan fingerprint density at radius 1 is 1.05 bits per heavy atom. The van der Waals surface area contributed by atoms with E-state index in [-0.39, 0.29) is 18.8 Å². The third-order valence-corrected chi connectivity index (χ3v) is 3.05. The summed E-state index contributed by atoms with van der Waals surface area (Å²) < 4.78 is 11.7. The molecule has 0 heterocycles. The molecule has 0 aromatic heterocycles. The predicted octanol–water partition coefficient (Wildman–Crippen LogP) is 3.25. The second kappa shape index (κ2) is 9.08. The van der Waals surface area contributed by atoms with Gasteiger partial charge in [0, 0.05) is 13.2 Å². The topological polar surface area (TPSA) is 38.7 Å². The Bertz CT molecular complexity index is 352. The molecule has 0 aliphatic heterocycles. The first kappa shape index (κ1) is 16.2. The van der Waals surface area contributed by atoms with E-state index < -0.39 is 0 Å². The lowest BCUT2D eigenvalue weighted by Crippen LogP contribution is -2.29. The number of rotatable bonds is 9. The van der Waals surface area contributed by atoms with Crippen molar-refractivity contribution in [1.82, 2.24) is 0 Å². The maximum atomic E-state index is 9.57. The fourth-order valence-corrected chi connectivity index (χ4v) is 2.05. The molecule has 0 bridgehead atoms. The lowest BCUT2D eigenvalue weighted by molar-refractivity contribution is -0.0949. The first-order chi connectivity index (χ1) is 9.24. The highest BCUT2D eigenvalue weighted by molar-refractivity contribution is 5.28. The van der Waals surface area contributed by atoms with Crippen LogP contribution in [-0.2, 0) is 9.47 Å². The third-order valence-electron chi connectivity index (χ3n) is 3.05. The minimum absolute atomic E-state index is 0.0251. The highest BCUT2D eigenvalue weighted by Crippen LogP contribution is 2.26. The predicted molar refractivity (Wildman–Crippen MR) is 77.3 cm³/mol. The van der Waals surface area contributed by atoms with Crippen molar-refractivity contribution >= 4 is 0 Å². The summed E-state index contributed by atoms with van der Waals surface area (Å²) in [6.45, 7) is 7.49. The number of aliphatic hydroxyl groups is 1. The maximum absolute atomic E-state index is 9.57. The number of hydrogen-bond acceptors (Lipinski definition) is 3. The molecule has 3 heteroatoms. The Labute approximate surface area is 116 Å². The van der Waals surface area contributed by atoms with Gasteiger partial charge in [-0.3, -0.25) is 0 Å². The van der Waals surface area contributed by atoms with E-state index in [1.54, 1.807) is 0 Å². The van der Waals surface area contributed by atoms with E-state index in [0.717, 1.165) is 18.4 Å². The van der Waals surface area contributed by atoms with Crippen LogP contribution in [0.3, 0.4) is 0 Å². The Morgan fingerprint density at radius 2 is 1.68 bits per heavy atom. The van der Waals surface area contributed by atoms with Crippen molar-refractivity contribution in [2.24, 2.45) is 0 Å². The summed E-state index contributed by atoms with van der Waals surface area (Å²) in [5, 5.41) is 9.57. The fraction of sp³-hybridized carbons (Fsp3) is 0.625. The molecule has 0 saturated heterocycles. The highest BCUT2D eigenvalue weighted by atomic mass is 16.5. The molecule has 0 radical (unpaired) electrons. The Kier molecular flexibility index (Phi) is 7.72. The van der Waals surface area contributed by atoms with E-state index in [2.05, 4.69) is 26.8 Å². The summed E-state index contributed by atoms with van der Waals surface area (Å²) in [7, 11) is 0. The molecule has 108 valence electrons. The van der Waals surface area contributed by atoms with Crippen LogP contribution in [0.1, 0.15) is 43.9 Å². The molecule has 3 nitrogen and oxygen atoms in total. The van der Waals surface area contributed by atoms with Gasteiger partial charge in [-0.2, -0.15) is 0 Å². The van der Waals surface area contributed by atoms with E-state index in [0.29, 0.717) is 13.2 Å². The molecule has 0 aliphatic rings. The smallest absolute Gasteiger partial charge is 0.111 e. The van der Waals surface area contributed by atoms with Gasteiger partial charge in [0.25, 0.3) is 0 Å². The van der Waals surface area contributed by atoms with Gasteiger partial charge >= 0.3 is 0 Å². The molecular formula is C16H26O3. The Hall–Kier alpha value is -0.900. The second-order valence-corrected chi connectivity index (χ2v) is 4.74. The van der Waals surface area contributed by atoms with Gasteiger partial charge in [-0.1, -0.05) is 38.1 Å². The highest BCUT2D eigenvalue weighted by Gasteiger charge is 2.25. The van der Waals surface area contributed by atoms with Crippen LogP contribution in [0, 0.1) is 6.92 Å². The molecule has 0 aliphatic carbocycles. The number of benzene rings is 1. The van der Waals surface area contributed by atoms with Crippen molar-refractivity contribution in [3.63, 3.8) is 0 Å². The van der Waals surface area contributed by atoms with Gasteiger partial charge in [0.2, 0.25) is 0 Å². The SMILES string of the molecule is CCCO[C@@H](CO)[C@@H](OCCC)c1ccccc1C. The molecule has 2 atom stereocenters. The monoisotopic (exact) mass is 266 g/mol. The van der Waals surface area contributed by atoms with Crippen LogP contribution >= 0.6 is 0 Å². The van der Waals surface area contributed by atoms with Crippen molar-refractivity contribution in [2.45, 2.75) is 45.8 Å². The van der Waals surface area contributed by atoms with Crippen molar-refractivity contribution in [2.75, 3.05) is 19.8 Å². The first-order valence-electron chi connectivity index (χ1n) is 7.14. The fourth-order valence-electron chi connectivity index (χ4n) is 2.05. The quantitative estimate of drug-likeness (QED) is 0.745. The van der Waals surface area contributed by atoms with Gasteiger partial charge < -0.3 is 14.6 Å². The summed E-state index contributed by atoms with van der Waals surface area (Å²) in [5.41, 5.74) is 2.27. The minimum Gasteiger partial charge on any atom is -0.394 e. The Morgan fingerprint density at radius 3 is 2.26 bits per heavy atom. The van der Waals surface area contributed by atoms with Crippen LogP contribution < -0.4 is 0 Å². The maximum Gasteiger partial charge on any atom is 0.111 e. The second-order valence-electron chi connectivity index (χ2n) is 4.74. The zero-order chi connectivity index (χ0) is 14.1. The largest absolute Gasteiger partial charge is 0.394 e. The van der Waals surface area contributed by atoms with Gasteiger partial charge in [-0.05, 0) is 30.9 Å². The standard InChI is InChI=1S/C16H26O3/c1-4-10-18-15(12-17)16(19-11-5-2)14-9-7-6-8-13(14)3/h6-9,15-17H,4-5,10-12H2,1-3H3/t15-,16-/m0/s1. The molecule has 0 saturated carbocycles. The number of aryl methyl sites for hydroxylation is 1. The number of ether oxygens (including phenoxy) is 2. The zero-order valence-electron chi connectivity index (χ0n) is 12.3. The van der Waals surface area contributed by atoms with Gasteiger partial charge in [0.1, 0.15) is 12.2 Å². The van der Waals surface area contributed by atoms with Crippen molar-refractivity contribution in [3.05, 3.63) is 35.4 Å². The van der Waals surface area contributed by atoms with Gasteiger partial charge in [-0.15, -0.1) is 0 Å². The van der Waals surface area contributed by atoms with Crippen LogP contribution in [0.2, 0.25) is 0 Å². The molecule has 0 fully saturated rings. The summed E-state index contributed by atoms with van der Waals surface area (Å²) in [5.74, 6) is 0. The van der Waals surface area contributed by atoms with Crippen LogP contribution in [-0.4, -0.2) is 31.0 Å². The van der Waals surface area contributed by atoms with E-state index in [1.165, 1.54) is 5.56 Å². The average molecular weight is 266 g/mol. The van der Waals surface area contributed by atoms with Crippen molar-refractivity contribution in [1.29, 1.82) is 0 Å². The van der Waals surface area contributed by atoms with E-state index in [4.69, 9.17) is 9.47 Å². The average Bonchev–Trinajstić information content (AvgIpc) is 2.43.